The highest BCUT2D eigenvalue weighted by atomic mass is 16.5. The lowest BCUT2D eigenvalue weighted by Crippen LogP contribution is -2.29. The molecule has 0 saturated carbocycles. The summed E-state index contributed by atoms with van der Waals surface area (Å²) in [6.45, 7) is 2.29. The molecular formula is C17H25NO3. The number of amides is 1. The molecule has 0 aromatic heterocycles. The van der Waals surface area contributed by atoms with Gasteiger partial charge in [0.25, 0.3) is 0 Å². The van der Waals surface area contributed by atoms with Gasteiger partial charge in [-0.2, -0.15) is 0 Å². The molecule has 0 radical (unpaired) electrons. The fraction of sp³-hybridized carbons (Fsp3) is 0.588. The second kappa shape index (κ2) is 8.67. The summed E-state index contributed by atoms with van der Waals surface area (Å²) in [6, 6.07) is 8.02. The monoisotopic (exact) mass is 291 g/mol. The van der Waals surface area contributed by atoms with Crippen molar-refractivity contribution in [2.24, 2.45) is 5.92 Å². The molecule has 21 heavy (non-hydrogen) atoms. The van der Waals surface area contributed by atoms with Crippen LogP contribution in [0.25, 0.3) is 0 Å². The third-order valence-electron chi connectivity index (χ3n) is 3.87. The Balaban J connectivity index is 1.63. The van der Waals surface area contributed by atoms with Gasteiger partial charge >= 0.3 is 0 Å². The van der Waals surface area contributed by atoms with E-state index in [1.807, 2.05) is 18.2 Å². The largest absolute Gasteiger partial charge is 0.496 e. The van der Waals surface area contributed by atoms with E-state index in [4.69, 9.17) is 9.47 Å². The maximum atomic E-state index is 11.9. The van der Waals surface area contributed by atoms with Crippen molar-refractivity contribution < 1.29 is 14.3 Å². The number of aryl methyl sites for hydroxylation is 1. The zero-order chi connectivity index (χ0) is 14.9. The van der Waals surface area contributed by atoms with Crippen molar-refractivity contribution >= 4 is 5.91 Å². The van der Waals surface area contributed by atoms with Crippen LogP contribution in [-0.4, -0.2) is 32.8 Å². The molecule has 4 nitrogen and oxygen atoms in total. The average molecular weight is 291 g/mol. The summed E-state index contributed by atoms with van der Waals surface area (Å²) < 4.78 is 10.7. The zero-order valence-corrected chi connectivity index (χ0v) is 12.8. The van der Waals surface area contributed by atoms with Crippen LogP contribution in [0.2, 0.25) is 0 Å². The summed E-state index contributed by atoms with van der Waals surface area (Å²) in [5.74, 6) is 1.46. The first-order chi connectivity index (χ1) is 10.3. The molecule has 1 N–H and O–H groups in total. The van der Waals surface area contributed by atoms with E-state index in [-0.39, 0.29) is 5.91 Å². The molecule has 1 aliphatic rings. The molecule has 1 aromatic rings. The Hall–Kier alpha value is -1.55. The Labute approximate surface area is 126 Å². The number of methoxy groups -OCH3 is 1. The van der Waals surface area contributed by atoms with Crippen LogP contribution < -0.4 is 10.1 Å². The van der Waals surface area contributed by atoms with E-state index in [9.17, 15) is 4.79 Å². The van der Waals surface area contributed by atoms with Crippen LogP contribution in [0.5, 0.6) is 5.75 Å². The lowest BCUT2D eigenvalue weighted by atomic mass is 9.98. The topological polar surface area (TPSA) is 47.6 Å². The quantitative estimate of drug-likeness (QED) is 0.785. The van der Waals surface area contributed by atoms with Gasteiger partial charge in [-0.25, -0.2) is 0 Å². The summed E-state index contributed by atoms with van der Waals surface area (Å²) in [5, 5.41) is 3.00. The number of carbonyl (C=O) groups is 1. The molecule has 1 amide bonds. The van der Waals surface area contributed by atoms with Crippen LogP contribution in [0.4, 0.5) is 0 Å². The van der Waals surface area contributed by atoms with Crippen molar-refractivity contribution in [2.75, 3.05) is 26.9 Å². The van der Waals surface area contributed by atoms with Gasteiger partial charge in [0, 0.05) is 26.2 Å². The standard InChI is InChI=1S/C17H25NO3/c1-20-16-9-3-2-7-15(16)8-4-10-18-17(19)12-14-6-5-11-21-13-14/h2-3,7,9,14H,4-6,8,10-13H2,1H3,(H,18,19). The molecule has 1 aromatic carbocycles. The summed E-state index contributed by atoms with van der Waals surface area (Å²) >= 11 is 0. The summed E-state index contributed by atoms with van der Waals surface area (Å²) in [6.07, 6.45) is 4.61. The van der Waals surface area contributed by atoms with Gasteiger partial charge in [0.2, 0.25) is 5.91 Å². The molecule has 1 aliphatic heterocycles. The van der Waals surface area contributed by atoms with E-state index in [2.05, 4.69) is 11.4 Å². The molecular weight excluding hydrogens is 266 g/mol. The van der Waals surface area contributed by atoms with Crippen molar-refractivity contribution in [3.8, 4) is 5.75 Å². The minimum atomic E-state index is 0.144. The highest BCUT2D eigenvalue weighted by Gasteiger charge is 2.17. The first-order valence-electron chi connectivity index (χ1n) is 7.76. The third-order valence-corrected chi connectivity index (χ3v) is 3.87. The molecule has 0 spiro atoms. The van der Waals surface area contributed by atoms with E-state index >= 15 is 0 Å². The van der Waals surface area contributed by atoms with E-state index < -0.39 is 0 Å². The maximum Gasteiger partial charge on any atom is 0.220 e. The third kappa shape index (κ3) is 5.38. The van der Waals surface area contributed by atoms with Gasteiger partial charge < -0.3 is 14.8 Å². The van der Waals surface area contributed by atoms with E-state index in [0.717, 1.165) is 44.6 Å². The second-order valence-electron chi connectivity index (χ2n) is 5.55. The van der Waals surface area contributed by atoms with Crippen molar-refractivity contribution in [3.63, 3.8) is 0 Å². The fourth-order valence-electron chi connectivity index (χ4n) is 2.72. The van der Waals surface area contributed by atoms with Crippen LogP contribution in [0, 0.1) is 5.92 Å². The van der Waals surface area contributed by atoms with Gasteiger partial charge in [0.05, 0.1) is 7.11 Å². The minimum absolute atomic E-state index is 0.144. The molecule has 4 heteroatoms. The Bertz CT molecular complexity index is 441. The first-order valence-corrected chi connectivity index (χ1v) is 7.76. The van der Waals surface area contributed by atoms with Gasteiger partial charge in [-0.3, -0.25) is 4.79 Å². The van der Waals surface area contributed by atoms with Gasteiger partial charge in [0.1, 0.15) is 5.75 Å². The van der Waals surface area contributed by atoms with E-state index in [1.54, 1.807) is 7.11 Å². The van der Waals surface area contributed by atoms with Crippen LogP contribution in [0.3, 0.4) is 0 Å². The highest BCUT2D eigenvalue weighted by molar-refractivity contribution is 5.76. The first kappa shape index (κ1) is 15.8. The molecule has 0 aliphatic carbocycles. The SMILES string of the molecule is COc1ccccc1CCCNC(=O)CC1CCCOC1. The van der Waals surface area contributed by atoms with Gasteiger partial charge in [0.15, 0.2) is 0 Å². The summed E-state index contributed by atoms with van der Waals surface area (Å²) in [5.41, 5.74) is 1.19. The van der Waals surface area contributed by atoms with E-state index in [1.165, 1.54) is 5.56 Å². The Morgan fingerprint density at radius 3 is 3.05 bits per heavy atom. The number of carbonyl (C=O) groups excluding carboxylic acids is 1. The number of nitrogens with one attached hydrogen (secondary N) is 1. The van der Waals surface area contributed by atoms with Gasteiger partial charge in [-0.1, -0.05) is 18.2 Å². The predicted octanol–water partition coefficient (Wildman–Crippen LogP) is 2.56. The number of rotatable bonds is 7. The fourth-order valence-corrected chi connectivity index (χ4v) is 2.72. The van der Waals surface area contributed by atoms with Crippen LogP contribution in [-0.2, 0) is 16.0 Å². The second-order valence-corrected chi connectivity index (χ2v) is 5.55. The number of benzene rings is 1. The Morgan fingerprint density at radius 2 is 2.29 bits per heavy atom. The smallest absolute Gasteiger partial charge is 0.220 e. The minimum Gasteiger partial charge on any atom is -0.496 e. The van der Waals surface area contributed by atoms with Gasteiger partial charge in [-0.15, -0.1) is 0 Å². The number of hydrogen-bond donors (Lipinski definition) is 1. The average Bonchev–Trinajstić information content (AvgIpc) is 2.53. The summed E-state index contributed by atoms with van der Waals surface area (Å²) in [7, 11) is 1.69. The van der Waals surface area contributed by atoms with Crippen molar-refractivity contribution in [1.82, 2.24) is 5.32 Å². The maximum absolute atomic E-state index is 11.9. The molecule has 0 bridgehead atoms. The molecule has 1 saturated heterocycles. The Kier molecular flexibility index (Phi) is 6.54. The van der Waals surface area contributed by atoms with Crippen molar-refractivity contribution in [3.05, 3.63) is 29.8 Å². The number of hydrogen-bond acceptors (Lipinski definition) is 3. The van der Waals surface area contributed by atoms with Crippen LogP contribution in [0.15, 0.2) is 24.3 Å². The van der Waals surface area contributed by atoms with Crippen LogP contribution >= 0.6 is 0 Å². The van der Waals surface area contributed by atoms with E-state index in [0.29, 0.717) is 18.9 Å². The molecule has 1 unspecified atom stereocenters. The molecule has 1 atom stereocenters. The lowest BCUT2D eigenvalue weighted by Gasteiger charge is -2.21. The highest BCUT2D eigenvalue weighted by Crippen LogP contribution is 2.19. The molecule has 1 fully saturated rings. The van der Waals surface area contributed by atoms with Gasteiger partial charge in [-0.05, 0) is 43.2 Å². The number of para-hydroxylation sites is 1. The lowest BCUT2D eigenvalue weighted by molar-refractivity contribution is -0.123. The molecule has 1 heterocycles. The molecule has 116 valence electrons. The van der Waals surface area contributed by atoms with Crippen molar-refractivity contribution in [2.45, 2.75) is 32.1 Å². The van der Waals surface area contributed by atoms with Crippen molar-refractivity contribution in [1.29, 1.82) is 0 Å². The molecule has 2 rings (SSSR count). The number of ether oxygens (including phenoxy) is 2. The summed E-state index contributed by atoms with van der Waals surface area (Å²) in [4.78, 5) is 11.9. The Morgan fingerprint density at radius 1 is 1.43 bits per heavy atom. The zero-order valence-electron chi connectivity index (χ0n) is 12.8. The normalized spacial score (nSPS) is 18.2. The predicted molar refractivity (Wildman–Crippen MR) is 82.5 cm³/mol. The van der Waals surface area contributed by atoms with Crippen LogP contribution in [0.1, 0.15) is 31.2 Å².